The zero-order valence-electron chi connectivity index (χ0n) is 15.6. The van der Waals surface area contributed by atoms with Crippen molar-refractivity contribution < 1.29 is 0 Å². The van der Waals surface area contributed by atoms with Gasteiger partial charge in [0.15, 0.2) is 0 Å². The van der Waals surface area contributed by atoms with E-state index in [9.17, 15) is 0 Å². The second-order valence-electron chi connectivity index (χ2n) is 8.06. The van der Waals surface area contributed by atoms with E-state index in [-0.39, 0.29) is 0 Å². The quantitative estimate of drug-likeness (QED) is 0.424. The van der Waals surface area contributed by atoms with Crippen LogP contribution in [0.1, 0.15) is 0 Å². The predicted molar refractivity (Wildman–Crippen MR) is 120 cm³/mol. The minimum atomic E-state index is -2.00. The van der Waals surface area contributed by atoms with Crippen LogP contribution in [0.25, 0.3) is 0 Å². The molecule has 0 radical (unpaired) electrons. The van der Waals surface area contributed by atoms with Crippen molar-refractivity contribution in [3.05, 3.63) is 91.0 Å². The van der Waals surface area contributed by atoms with Gasteiger partial charge in [0.2, 0.25) is 0 Å². The number of hydrogen-bond acceptors (Lipinski definition) is 0. The van der Waals surface area contributed by atoms with E-state index in [4.69, 9.17) is 0 Å². The normalized spacial score (nSPS) is 12.8. The van der Waals surface area contributed by atoms with E-state index >= 15 is 0 Å². The van der Waals surface area contributed by atoms with Crippen LogP contribution in [0.2, 0.25) is 25.7 Å². The standard InChI is InChI=1S/C23H29PSi/c1-25(2,3)20-19-24(21-13-7-4-8-14-21,22-15-9-5-10-16-22)23-17-11-6-12-18-23/h4-18,24H,19-20H2,1-3H3. The van der Waals surface area contributed by atoms with E-state index in [0.717, 1.165) is 0 Å². The molecule has 0 heterocycles. The third-order valence-electron chi connectivity index (χ3n) is 5.05. The molecule has 130 valence electrons. The van der Waals surface area contributed by atoms with Crippen molar-refractivity contribution in [3.8, 4) is 0 Å². The molecule has 0 spiro atoms. The summed E-state index contributed by atoms with van der Waals surface area (Å²) >= 11 is 0. The first-order valence-electron chi connectivity index (χ1n) is 9.19. The fraction of sp³-hybridized carbons (Fsp3) is 0.217. The Morgan fingerprint density at radius 3 is 1.16 bits per heavy atom. The van der Waals surface area contributed by atoms with Gasteiger partial charge in [-0.3, -0.25) is 0 Å². The van der Waals surface area contributed by atoms with Gasteiger partial charge in [0.1, 0.15) is 0 Å². The van der Waals surface area contributed by atoms with Gasteiger partial charge in [-0.1, -0.05) is 0 Å². The van der Waals surface area contributed by atoms with Crippen molar-refractivity contribution in [1.82, 2.24) is 0 Å². The zero-order chi connectivity index (χ0) is 17.8. The Kier molecular flexibility index (Phi) is 5.56. The van der Waals surface area contributed by atoms with Gasteiger partial charge < -0.3 is 0 Å². The van der Waals surface area contributed by atoms with Crippen LogP contribution < -0.4 is 15.9 Å². The van der Waals surface area contributed by atoms with E-state index in [1.54, 1.807) is 0 Å². The molecule has 0 aliphatic heterocycles. The summed E-state index contributed by atoms with van der Waals surface area (Å²) in [6, 6.07) is 35.1. The van der Waals surface area contributed by atoms with Gasteiger partial charge in [-0.15, -0.1) is 0 Å². The molecule has 3 aromatic rings. The molecule has 0 aliphatic rings. The predicted octanol–water partition coefficient (Wildman–Crippen LogP) is 5.05. The summed E-state index contributed by atoms with van der Waals surface area (Å²) in [4.78, 5) is 0. The Balaban J connectivity index is 2.24. The first kappa shape index (κ1) is 18.1. The molecule has 25 heavy (non-hydrogen) atoms. The first-order valence-corrected chi connectivity index (χ1v) is 15.1. The van der Waals surface area contributed by atoms with Gasteiger partial charge in [-0.2, -0.15) is 0 Å². The number of hydrogen-bond donors (Lipinski definition) is 0. The van der Waals surface area contributed by atoms with Crippen LogP contribution in [0.5, 0.6) is 0 Å². The van der Waals surface area contributed by atoms with Gasteiger partial charge in [0, 0.05) is 0 Å². The summed E-state index contributed by atoms with van der Waals surface area (Å²) < 4.78 is 0. The fourth-order valence-corrected chi connectivity index (χ4v) is 12.3. The molecule has 0 bridgehead atoms. The average Bonchev–Trinajstić information content (AvgIpc) is 2.64. The summed E-state index contributed by atoms with van der Waals surface area (Å²) in [5.74, 6) is 0. The number of benzene rings is 3. The van der Waals surface area contributed by atoms with Crippen LogP contribution in [0.4, 0.5) is 0 Å². The number of rotatable bonds is 6. The van der Waals surface area contributed by atoms with Crippen molar-refractivity contribution in [2.45, 2.75) is 25.7 Å². The van der Waals surface area contributed by atoms with E-state index in [1.165, 1.54) is 28.1 Å². The molecule has 0 nitrogen and oxygen atoms in total. The van der Waals surface area contributed by atoms with Gasteiger partial charge in [-0.25, -0.2) is 0 Å². The summed E-state index contributed by atoms with van der Waals surface area (Å²) in [5.41, 5.74) is 0. The van der Waals surface area contributed by atoms with Crippen LogP contribution >= 0.6 is 7.26 Å². The molecule has 0 fully saturated rings. The maximum atomic E-state index is 2.49. The molecule has 0 atom stereocenters. The van der Waals surface area contributed by atoms with Gasteiger partial charge in [0.25, 0.3) is 0 Å². The Morgan fingerprint density at radius 2 is 0.880 bits per heavy atom. The second kappa shape index (κ2) is 7.68. The minimum absolute atomic E-state index is 1.13. The van der Waals surface area contributed by atoms with E-state index in [1.807, 2.05) is 0 Å². The maximum absolute atomic E-state index is 2.49. The van der Waals surface area contributed by atoms with Crippen molar-refractivity contribution in [2.75, 3.05) is 6.16 Å². The Labute approximate surface area is 154 Å². The molecule has 0 saturated carbocycles. The molecule has 0 saturated heterocycles. The molecule has 0 unspecified atom stereocenters. The van der Waals surface area contributed by atoms with Crippen molar-refractivity contribution in [1.29, 1.82) is 0 Å². The SMILES string of the molecule is C[Si](C)(C)CC[PH](c1ccccc1)(c1ccccc1)c1ccccc1. The first-order chi connectivity index (χ1) is 12.0. The zero-order valence-corrected chi connectivity index (χ0v) is 17.6. The van der Waals surface area contributed by atoms with E-state index in [0.29, 0.717) is 0 Å². The van der Waals surface area contributed by atoms with Crippen LogP contribution in [-0.4, -0.2) is 14.2 Å². The van der Waals surface area contributed by atoms with Crippen LogP contribution in [0.15, 0.2) is 91.0 Å². The molecule has 0 amide bonds. The van der Waals surface area contributed by atoms with E-state index < -0.39 is 15.3 Å². The van der Waals surface area contributed by atoms with Gasteiger partial charge in [-0.05, 0) is 0 Å². The summed E-state index contributed by atoms with van der Waals surface area (Å²) in [7, 11) is -3.13. The van der Waals surface area contributed by atoms with Crippen molar-refractivity contribution in [3.63, 3.8) is 0 Å². The molecule has 2 heteroatoms. The summed E-state index contributed by atoms with van der Waals surface area (Å²) in [6.07, 6.45) is 1.29. The molecule has 3 rings (SSSR count). The Bertz CT molecular complexity index is 680. The average molecular weight is 365 g/mol. The Hall–Kier alpha value is -1.69. The second-order valence-corrected chi connectivity index (χ2v) is 17.7. The molecular formula is C23H29PSi. The molecule has 0 aliphatic carbocycles. The topological polar surface area (TPSA) is 0 Å². The van der Waals surface area contributed by atoms with Crippen molar-refractivity contribution in [2.24, 2.45) is 0 Å². The molecule has 3 aromatic carbocycles. The van der Waals surface area contributed by atoms with Gasteiger partial charge >= 0.3 is 154 Å². The summed E-state index contributed by atoms with van der Waals surface area (Å²) in [6.45, 7) is 7.48. The third-order valence-corrected chi connectivity index (χ3v) is 12.3. The third kappa shape index (κ3) is 4.11. The summed E-state index contributed by atoms with van der Waals surface area (Å²) in [5, 5.41) is 4.60. The monoisotopic (exact) mass is 364 g/mol. The Morgan fingerprint density at radius 1 is 0.560 bits per heavy atom. The van der Waals surface area contributed by atoms with E-state index in [2.05, 4.69) is 111 Å². The molecular weight excluding hydrogens is 335 g/mol. The van der Waals surface area contributed by atoms with Crippen molar-refractivity contribution >= 4 is 31.2 Å². The van der Waals surface area contributed by atoms with Gasteiger partial charge in [0.05, 0.1) is 0 Å². The fourth-order valence-electron chi connectivity index (χ4n) is 3.66. The van der Waals surface area contributed by atoms with Crippen LogP contribution in [-0.2, 0) is 0 Å². The molecule has 0 N–H and O–H groups in total. The van der Waals surface area contributed by atoms with Crippen LogP contribution in [0, 0.1) is 0 Å². The van der Waals surface area contributed by atoms with Crippen LogP contribution in [0.3, 0.4) is 0 Å². The molecule has 0 aromatic heterocycles.